The van der Waals surface area contributed by atoms with Gasteiger partial charge in [0.25, 0.3) is 5.69 Å². The van der Waals surface area contributed by atoms with E-state index in [4.69, 9.17) is 0 Å². The summed E-state index contributed by atoms with van der Waals surface area (Å²) in [7, 11) is -3.83. The third-order valence-electron chi connectivity index (χ3n) is 5.64. The van der Waals surface area contributed by atoms with Crippen molar-refractivity contribution in [3.8, 4) is 11.1 Å². The Labute approximate surface area is 194 Å². The Morgan fingerprint density at radius 1 is 0.970 bits per heavy atom. The summed E-state index contributed by atoms with van der Waals surface area (Å²) in [5.41, 5.74) is 1.88. The van der Waals surface area contributed by atoms with Crippen molar-refractivity contribution in [1.82, 2.24) is 14.3 Å². The highest BCUT2D eigenvalue weighted by Crippen LogP contribution is 2.38. The molecular weight excluding hydrogens is 462 g/mol. The first-order valence-electron chi connectivity index (χ1n) is 10.2. The van der Waals surface area contributed by atoms with Gasteiger partial charge >= 0.3 is 0 Å². The number of anilines is 1. The Balaban J connectivity index is 1.41. The molecular formula is C22H19N5O4S2. The molecule has 0 bridgehead atoms. The molecule has 0 saturated carbocycles. The monoisotopic (exact) mass is 481 g/mol. The molecule has 11 heteroatoms. The number of sulfonamides is 1. The van der Waals surface area contributed by atoms with Gasteiger partial charge in [0.1, 0.15) is 17.0 Å². The molecule has 0 N–H and O–H groups in total. The number of benzene rings is 2. The predicted octanol–water partition coefficient (Wildman–Crippen LogP) is 3.78. The number of fused-ring (bicyclic) bond motifs is 1. The van der Waals surface area contributed by atoms with Crippen molar-refractivity contribution in [2.75, 3.05) is 31.1 Å². The molecule has 3 heterocycles. The molecule has 1 saturated heterocycles. The van der Waals surface area contributed by atoms with Gasteiger partial charge < -0.3 is 4.90 Å². The first kappa shape index (κ1) is 21.4. The lowest BCUT2D eigenvalue weighted by molar-refractivity contribution is -0.385. The first-order valence-corrected chi connectivity index (χ1v) is 12.5. The number of thiophene rings is 1. The van der Waals surface area contributed by atoms with Gasteiger partial charge in [-0.05, 0) is 11.6 Å². The second-order valence-electron chi connectivity index (χ2n) is 7.54. The van der Waals surface area contributed by atoms with Crippen LogP contribution in [0.5, 0.6) is 0 Å². The molecule has 4 aromatic rings. The molecule has 1 aliphatic rings. The fraction of sp³-hybridized carbons (Fsp3) is 0.182. The largest absolute Gasteiger partial charge is 0.353 e. The first-order chi connectivity index (χ1) is 15.9. The zero-order valence-electron chi connectivity index (χ0n) is 17.4. The van der Waals surface area contributed by atoms with Crippen LogP contribution >= 0.6 is 11.3 Å². The van der Waals surface area contributed by atoms with Crippen LogP contribution in [0, 0.1) is 10.1 Å². The summed E-state index contributed by atoms with van der Waals surface area (Å²) in [5.74, 6) is 0.785. The van der Waals surface area contributed by atoms with E-state index in [-0.39, 0.29) is 23.7 Å². The normalized spacial score (nSPS) is 15.1. The maximum Gasteiger partial charge on any atom is 0.270 e. The summed E-state index contributed by atoms with van der Waals surface area (Å²) in [6.45, 7) is 1.40. The quantitative estimate of drug-likeness (QED) is 0.315. The van der Waals surface area contributed by atoms with Crippen LogP contribution in [-0.2, 0) is 10.0 Å². The molecule has 0 aliphatic carbocycles. The van der Waals surface area contributed by atoms with E-state index in [0.29, 0.717) is 13.1 Å². The average molecular weight is 482 g/mol. The summed E-state index contributed by atoms with van der Waals surface area (Å²) in [4.78, 5) is 22.3. The minimum absolute atomic E-state index is 0.0706. The van der Waals surface area contributed by atoms with Gasteiger partial charge in [-0.3, -0.25) is 10.1 Å². The number of non-ortho nitro benzene ring substituents is 1. The highest BCUT2D eigenvalue weighted by Gasteiger charge is 2.31. The molecule has 33 heavy (non-hydrogen) atoms. The average Bonchev–Trinajstić information content (AvgIpc) is 3.29. The zero-order chi connectivity index (χ0) is 23.0. The number of nitrogens with zero attached hydrogens (tertiary/aromatic N) is 5. The van der Waals surface area contributed by atoms with Crippen LogP contribution in [0.2, 0.25) is 0 Å². The van der Waals surface area contributed by atoms with Crippen LogP contribution in [0.15, 0.2) is 71.2 Å². The van der Waals surface area contributed by atoms with Gasteiger partial charge in [-0.2, -0.15) is 4.31 Å². The molecule has 168 valence electrons. The lowest BCUT2D eigenvalue weighted by Crippen LogP contribution is -2.49. The molecule has 9 nitrogen and oxygen atoms in total. The van der Waals surface area contributed by atoms with Crippen LogP contribution in [0.4, 0.5) is 11.5 Å². The van der Waals surface area contributed by atoms with E-state index in [9.17, 15) is 18.5 Å². The molecule has 0 amide bonds. The van der Waals surface area contributed by atoms with E-state index in [2.05, 4.69) is 20.2 Å². The van der Waals surface area contributed by atoms with Gasteiger partial charge in [0.05, 0.1) is 15.2 Å². The van der Waals surface area contributed by atoms with E-state index in [0.717, 1.165) is 33.2 Å². The summed E-state index contributed by atoms with van der Waals surface area (Å²) in [5, 5.41) is 14.1. The summed E-state index contributed by atoms with van der Waals surface area (Å²) < 4.78 is 27.5. The lowest BCUT2D eigenvalue weighted by atomic mass is 10.1. The molecule has 0 spiro atoms. The number of nitro benzene ring substituents is 1. The maximum atomic E-state index is 13.1. The van der Waals surface area contributed by atoms with Crippen molar-refractivity contribution in [1.29, 1.82) is 0 Å². The molecule has 2 aromatic carbocycles. The van der Waals surface area contributed by atoms with Crippen molar-refractivity contribution in [3.63, 3.8) is 0 Å². The van der Waals surface area contributed by atoms with Crippen LogP contribution < -0.4 is 4.90 Å². The molecule has 1 fully saturated rings. The molecule has 0 unspecified atom stereocenters. The second-order valence-corrected chi connectivity index (χ2v) is 10.3. The zero-order valence-corrected chi connectivity index (χ0v) is 19.0. The third kappa shape index (κ3) is 3.94. The Morgan fingerprint density at radius 2 is 1.73 bits per heavy atom. The van der Waals surface area contributed by atoms with Crippen molar-refractivity contribution in [2.45, 2.75) is 4.90 Å². The number of hydrogen-bond acceptors (Lipinski definition) is 8. The van der Waals surface area contributed by atoms with Crippen molar-refractivity contribution in [3.05, 3.63) is 76.4 Å². The summed E-state index contributed by atoms with van der Waals surface area (Å²) in [6, 6.07) is 15.2. The van der Waals surface area contributed by atoms with Gasteiger partial charge in [0.2, 0.25) is 10.0 Å². The SMILES string of the molecule is O=[N+]([O-])c1cccc(S(=O)(=O)N2CCN(c3ncnc4scc(-c5ccccc5)c34)CC2)c1. The standard InChI is InChI=1S/C22H19N5O4S2/c28-27(29)17-7-4-8-18(13-17)33(30,31)26-11-9-25(10-12-26)21-20-19(16-5-2-1-3-6-16)14-32-22(20)24-15-23-21/h1-8,13-15H,9-12H2. The topological polar surface area (TPSA) is 110 Å². The van der Waals surface area contributed by atoms with Gasteiger partial charge in [0.15, 0.2) is 0 Å². The Morgan fingerprint density at radius 3 is 2.45 bits per heavy atom. The smallest absolute Gasteiger partial charge is 0.270 e. The van der Waals surface area contributed by atoms with Crippen molar-refractivity contribution >= 4 is 43.1 Å². The van der Waals surface area contributed by atoms with Gasteiger partial charge in [-0.25, -0.2) is 18.4 Å². The van der Waals surface area contributed by atoms with E-state index >= 15 is 0 Å². The fourth-order valence-electron chi connectivity index (χ4n) is 3.98. The summed E-state index contributed by atoms with van der Waals surface area (Å²) >= 11 is 1.55. The van der Waals surface area contributed by atoms with E-state index < -0.39 is 14.9 Å². The molecule has 2 aromatic heterocycles. The number of nitro groups is 1. The number of hydrogen-bond donors (Lipinski definition) is 0. The third-order valence-corrected chi connectivity index (χ3v) is 8.42. The maximum absolute atomic E-state index is 13.1. The fourth-order valence-corrected chi connectivity index (χ4v) is 6.35. The minimum Gasteiger partial charge on any atom is -0.353 e. The minimum atomic E-state index is -3.83. The number of rotatable bonds is 5. The van der Waals surface area contributed by atoms with Crippen LogP contribution in [0.1, 0.15) is 0 Å². The Kier molecular flexibility index (Phi) is 5.52. The van der Waals surface area contributed by atoms with E-state index in [1.165, 1.54) is 28.8 Å². The van der Waals surface area contributed by atoms with Gasteiger partial charge in [0, 0.05) is 49.3 Å². The van der Waals surface area contributed by atoms with Crippen LogP contribution in [0.25, 0.3) is 21.3 Å². The highest BCUT2D eigenvalue weighted by atomic mass is 32.2. The van der Waals surface area contributed by atoms with Gasteiger partial charge in [-0.15, -0.1) is 11.3 Å². The van der Waals surface area contributed by atoms with E-state index in [1.54, 1.807) is 11.3 Å². The van der Waals surface area contributed by atoms with Crippen LogP contribution in [-0.4, -0.2) is 53.8 Å². The molecule has 0 radical (unpaired) electrons. The molecule has 0 atom stereocenters. The second kappa shape index (κ2) is 8.50. The van der Waals surface area contributed by atoms with Gasteiger partial charge in [-0.1, -0.05) is 36.4 Å². The van der Waals surface area contributed by atoms with Crippen molar-refractivity contribution in [2.24, 2.45) is 0 Å². The Hall–Kier alpha value is -3.41. The lowest BCUT2D eigenvalue weighted by Gasteiger charge is -2.35. The summed E-state index contributed by atoms with van der Waals surface area (Å²) in [6.07, 6.45) is 1.54. The Bertz CT molecular complexity index is 1430. The van der Waals surface area contributed by atoms with Crippen LogP contribution in [0.3, 0.4) is 0 Å². The molecule has 1 aliphatic heterocycles. The van der Waals surface area contributed by atoms with Crippen molar-refractivity contribution < 1.29 is 13.3 Å². The number of aromatic nitrogens is 2. The van der Waals surface area contributed by atoms with E-state index in [1.807, 2.05) is 30.3 Å². The highest BCUT2D eigenvalue weighted by molar-refractivity contribution is 7.89. The molecule has 5 rings (SSSR count). The predicted molar refractivity (Wildman–Crippen MR) is 127 cm³/mol. The number of piperazine rings is 1.